The number of nitrogens with one attached hydrogen (secondary N) is 2. The first-order chi connectivity index (χ1) is 11.3. The fraction of sp³-hybridized carbons (Fsp3) is 0.941. The summed E-state index contributed by atoms with van der Waals surface area (Å²) in [6, 6.07) is 0.570. The van der Waals surface area contributed by atoms with Gasteiger partial charge in [-0.1, -0.05) is 0 Å². The SMILES string of the molecule is CCNC(=NCCCOCC1CCCO1)NC1CCC(SC)C1. The Bertz CT molecular complexity index is 349. The molecule has 2 N–H and O–H groups in total. The first-order valence-electron chi connectivity index (χ1n) is 9.08. The van der Waals surface area contributed by atoms with Gasteiger partial charge in [0.05, 0.1) is 12.7 Å². The number of hydrogen-bond donors (Lipinski definition) is 2. The van der Waals surface area contributed by atoms with Gasteiger partial charge in [0.25, 0.3) is 0 Å². The Morgan fingerprint density at radius 3 is 2.96 bits per heavy atom. The van der Waals surface area contributed by atoms with Crippen LogP contribution in [0.25, 0.3) is 0 Å². The van der Waals surface area contributed by atoms with Crippen molar-refractivity contribution < 1.29 is 9.47 Å². The Balaban J connectivity index is 1.59. The summed E-state index contributed by atoms with van der Waals surface area (Å²) in [5.74, 6) is 0.957. The van der Waals surface area contributed by atoms with E-state index in [1.807, 2.05) is 11.8 Å². The molecule has 134 valence electrons. The monoisotopic (exact) mass is 343 g/mol. The highest BCUT2D eigenvalue weighted by Crippen LogP contribution is 2.27. The molecule has 1 saturated carbocycles. The van der Waals surface area contributed by atoms with E-state index in [2.05, 4.69) is 28.8 Å². The average molecular weight is 344 g/mol. The fourth-order valence-corrected chi connectivity index (χ4v) is 3.94. The Morgan fingerprint density at radius 1 is 1.35 bits per heavy atom. The van der Waals surface area contributed by atoms with Gasteiger partial charge in [0, 0.05) is 37.6 Å². The molecule has 3 atom stereocenters. The van der Waals surface area contributed by atoms with E-state index in [0.717, 1.165) is 57.0 Å². The third-order valence-electron chi connectivity index (χ3n) is 4.45. The van der Waals surface area contributed by atoms with Crippen molar-refractivity contribution in [3.63, 3.8) is 0 Å². The van der Waals surface area contributed by atoms with Crippen molar-refractivity contribution in [2.45, 2.75) is 62.8 Å². The fourth-order valence-electron chi connectivity index (χ4n) is 3.15. The molecule has 0 aromatic heterocycles. The van der Waals surface area contributed by atoms with Crippen molar-refractivity contribution in [2.24, 2.45) is 4.99 Å². The van der Waals surface area contributed by atoms with Crippen LogP contribution in [0.3, 0.4) is 0 Å². The minimum Gasteiger partial charge on any atom is -0.379 e. The van der Waals surface area contributed by atoms with Crippen molar-refractivity contribution >= 4 is 17.7 Å². The molecule has 1 aliphatic carbocycles. The van der Waals surface area contributed by atoms with Gasteiger partial charge < -0.3 is 20.1 Å². The molecule has 0 aromatic carbocycles. The van der Waals surface area contributed by atoms with Crippen molar-refractivity contribution in [1.29, 1.82) is 0 Å². The Kier molecular flexibility index (Phi) is 9.15. The van der Waals surface area contributed by atoms with Crippen molar-refractivity contribution in [2.75, 3.05) is 39.2 Å². The molecule has 0 amide bonds. The van der Waals surface area contributed by atoms with Crippen LogP contribution in [-0.2, 0) is 9.47 Å². The first kappa shape index (κ1) is 18.9. The van der Waals surface area contributed by atoms with E-state index in [-0.39, 0.29) is 0 Å². The molecule has 0 bridgehead atoms. The summed E-state index contributed by atoms with van der Waals surface area (Å²) in [6.45, 7) is 6.22. The van der Waals surface area contributed by atoms with Gasteiger partial charge in [-0.2, -0.15) is 11.8 Å². The topological polar surface area (TPSA) is 54.9 Å². The molecule has 1 aliphatic heterocycles. The molecule has 6 heteroatoms. The van der Waals surface area contributed by atoms with Crippen LogP contribution in [0.4, 0.5) is 0 Å². The Hall–Kier alpha value is -0.460. The number of guanidine groups is 1. The number of thioether (sulfide) groups is 1. The van der Waals surface area contributed by atoms with E-state index in [9.17, 15) is 0 Å². The van der Waals surface area contributed by atoms with Crippen LogP contribution in [-0.4, -0.2) is 62.5 Å². The summed E-state index contributed by atoms with van der Waals surface area (Å²) < 4.78 is 11.2. The molecule has 23 heavy (non-hydrogen) atoms. The second-order valence-electron chi connectivity index (χ2n) is 6.34. The largest absolute Gasteiger partial charge is 0.379 e. The quantitative estimate of drug-likeness (QED) is 0.382. The predicted octanol–water partition coefficient (Wildman–Crippen LogP) is 2.41. The summed E-state index contributed by atoms with van der Waals surface area (Å²) in [6.07, 6.45) is 9.62. The van der Waals surface area contributed by atoms with Crippen LogP contribution in [0.15, 0.2) is 4.99 Å². The number of aliphatic imine (C=N–C) groups is 1. The summed E-state index contributed by atoms with van der Waals surface area (Å²) in [5.41, 5.74) is 0. The number of nitrogens with zero attached hydrogens (tertiary/aromatic N) is 1. The van der Waals surface area contributed by atoms with E-state index in [4.69, 9.17) is 9.47 Å². The van der Waals surface area contributed by atoms with Crippen LogP contribution < -0.4 is 10.6 Å². The molecular formula is C17H33N3O2S. The van der Waals surface area contributed by atoms with Gasteiger partial charge in [-0.05, 0) is 51.7 Å². The molecule has 0 spiro atoms. The van der Waals surface area contributed by atoms with Crippen molar-refractivity contribution in [3.05, 3.63) is 0 Å². The minimum atomic E-state index is 0.323. The zero-order chi connectivity index (χ0) is 16.3. The van der Waals surface area contributed by atoms with E-state index in [1.54, 1.807) is 0 Å². The van der Waals surface area contributed by atoms with Crippen LogP contribution in [0.5, 0.6) is 0 Å². The minimum absolute atomic E-state index is 0.323. The zero-order valence-corrected chi connectivity index (χ0v) is 15.5. The van der Waals surface area contributed by atoms with Crippen LogP contribution in [0.2, 0.25) is 0 Å². The van der Waals surface area contributed by atoms with E-state index >= 15 is 0 Å². The van der Waals surface area contributed by atoms with Crippen LogP contribution >= 0.6 is 11.8 Å². The maximum atomic E-state index is 5.68. The summed E-state index contributed by atoms with van der Waals surface area (Å²) in [7, 11) is 0. The maximum absolute atomic E-state index is 5.68. The molecule has 3 unspecified atom stereocenters. The summed E-state index contributed by atoms with van der Waals surface area (Å²) in [4.78, 5) is 4.67. The van der Waals surface area contributed by atoms with Crippen LogP contribution in [0, 0.1) is 0 Å². The van der Waals surface area contributed by atoms with Gasteiger partial charge in [0.15, 0.2) is 5.96 Å². The number of rotatable bonds is 9. The highest BCUT2D eigenvalue weighted by Gasteiger charge is 2.24. The smallest absolute Gasteiger partial charge is 0.191 e. The summed E-state index contributed by atoms with van der Waals surface area (Å²) in [5, 5.41) is 7.74. The van der Waals surface area contributed by atoms with Gasteiger partial charge in [-0.15, -0.1) is 0 Å². The average Bonchev–Trinajstić information content (AvgIpc) is 3.22. The second-order valence-corrected chi connectivity index (χ2v) is 7.47. The molecule has 2 aliphatic rings. The van der Waals surface area contributed by atoms with E-state index in [0.29, 0.717) is 12.1 Å². The number of ether oxygens (including phenoxy) is 2. The lowest BCUT2D eigenvalue weighted by Gasteiger charge is -2.17. The third kappa shape index (κ3) is 7.31. The lowest BCUT2D eigenvalue weighted by Crippen LogP contribution is -2.42. The molecule has 5 nitrogen and oxygen atoms in total. The maximum Gasteiger partial charge on any atom is 0.191 e. The van der Waals surface area contributed by atoms with Gasteiger partial charge >= 0.3 is 0 Å². The lowest BCUT2D eigenvalue weighted by atomic mass is 10.2. The highest BCUT2D eigenvalue weighted by atomic mass is 32.2. The van der Waals surface area contributed by atoms with Gasteiger partial charge in [-0.25, -0.2) is 0 Å². The summed E-state index contributed by atoms with van der Waals surface area (Å²) >= 11 is 1.99. The van der Waals surface area contributed by atoms with Gasteiger partial charge in [-0.3, -0.25) is 4.99 Å². The Morgan fingerprint density at radius 2 is 2.26 bits per heavy atom. The van der Waals surface area contributed by atoms with E-state index < -0.39 is 0 Å². The molecule has 1 saturated heterocycles. The normalized spacial score (nSPS) is 28.3. The molecule has 0 radical (unpaired) electrons. The third-order valence-corrected chi connectivity index (χ3v) is 5.54. The Labute approximate surface area is 145 Å². The molecule has 2 fully saturated rings. The number of hydrogen-bond acceptors (Lipinski definition) is 4. The zero-order valence-electron chi connectivity index (χ0n) is 14.7. The predicted molar refractivity (Wildman–Crippen MR) is 98.5 cm³/mol. The molecule has 2 rings (SSSR count). The van der Waals surface area contributed by atoms with Gasteiger partial charge in [0.1, 0.15) is 0 Å². The second kappa shape index (κ2) is 11.2. The van der Waals surface area contributed by atoms with Crippen LogP contribution in [0.1, 0.15) is 45.4 Å². The molecule has 0 aromatic rings. The van der Waals surface area contributed by atoms with E-state index in [1.165, 1.54) is 25.7 Å². The molecule has 1 heterocycles. The highest BCUT2D eigenvalue weighted by molar-refractivity contribution is 7.99. The first-order valence-corrected chi connectivity index (χ1v) is 10.4. The lowest BCUT2D eigenvalue weighted by molar-refractivity contribution is 0.0171. The van der Waals surface area contributed by atoms with Gasteiger partial charge in [0.2, 0.25) is 0 Å². The van der Waals surface area contributed by atoms with Crippen molar-refractivity contribution in [1.82, 2.24) is 10.6 Å². The molecular weight excluding hydrogens is 310 g/mol. The standard InChI is InChI=1S/C17H33N3O2S/c1-3-18-17(20-14-7-8-16(12-14)23-2)19-9-5-10-21-13-15-6-4-11-22-15/h14-16H,3-13H2,1-2H3,(H2,18,19,20). The van der Waals surface area contributed by atoms with Crippen molar-refractivity contribution in [3.8, 4) is 0 Å².